The van der Waals surface area contributed by atoms with E-state index < -0.39 is 12.2 Å². The van der Waals surface area contributed by atoms with Gasteiger partial charge >= 0.3 is 12.2 Å². The second-order valence-corrected chi connectivity index (χ2v) is 5.18. The molecular weight excluding hydrogens is 322 g/mol. The van der Waals surface area contributed by atoms with E-state index >= 15 is 0 Å². The molecule has 25 heavy (non-hydrogen) atoms. The first-order valence-corrected chi connectivity index (χ1v) is 8.15. The molecule has 0 bridgehead atoms. The van der Waals surface area contributed by atoms with E-state index in [1.54, 1.807) is 13.8 Å². The number of aryl methyl sites for hydroxylation is 1. The molecule has 0 fully saturated rings. The highest BCUT2D eigenvalue weighted by molar-refractivity contribution is 6.05. The van der Waals surface area contributed by atoms with Crippen LogP contribution in [0.15, 0.2) is 30.3 Å². The molecule has 0 radical (unpaired) electrons. The van der Waals surface area contributed by atoms with E-state index in [0.717, 1.165) is 21.6 Å². The molecule has 2 rings (SSSR count). The minimum Gasteiger partial charge on any atom is -0.449 e. The summed E-state index contributed by atoms with van der Waals surface area (Å²) >= 11 is 0. The van der Waals surface area contributed by atoms with Crippen molar-refractivity contribution in [3.8, 4) is 0 Å². The molecule has 0 saturated carbocycles. The summed E-state index contributed by atoms with van der Waals surface area (Å²) in [6.45, 7) is 5.66. The number of carbonyl (C=O) groups excluding carboxylic acids is 2. The molecule has 2 amide bonds. The lowest BCUT2D eigenvalue weighted by Gasteiger charge is -2.22. The van der Waals surface area contributed by atoms with Gasteiger partial charge in [0.2, 0.25) is 0 Å². The summed E-state index contributed by atoms with van der Waals surface area (Å²) in [4.78, 5) is 24.4. The number of nitrogens with one attached hydrogen (secondary N) is 1. The number of hydrogen-bond acceptors (Lipinski definition) is 4. The maximum atomic E-state index is 12.5. The van der Waals surface area contributed by atoms with Crippen LogP contribution < -0.4 is 10.4 Å². The average molecular weight is 345 g/mol. The zero-order chi connectivity index (χ0) is 18.4. The minimum atomic E-state index is -0.727. The third-order valence-corrected chi connectivity index (χ3v) is 3.60. The lowest BCUT2D eigenvalue weighted by atomic mass is 10.2. The summed E-state index contributed by atoms with van der Waals surface area (Å²) < 4.78 is 12.0. The number of hydrazine groups is 1. The number of fused-ring (bicyclic) bond motifs is 1. The van der Waals surface area contributed by atoms with E-state index in [1.807, 2.05) is 55.0 Å². The Hall–Kier alpha value is -2.96. The lowest BCUT2D eigenvalue weighted by molar-refractivity contribution is 0.139. The second-order valence-electron chi connectivity index (χ2n) is 5.18. The summed E-state index contributed by atoms with van der Waals surface area (Å²) in [5.41, 5.74) is 4.68. The van der Waals surface area contributed by atoms with Crippen molar-refractivity contribution < 1.29 is 19.1 Å². The molecule has 1 heterocycles. The van der Waals surface area contributed by atoms with Gasteiger partial charge in [0.25, 0.3) is 0 Å². The fraction of sp³-hybridized carbons (Fsp3) is 0.333. The second kappa shape index (κ2) is 8.23. The van der Waals surface area contributed by atoms with Crippen molar-refractivity contribution >= 4 is 34.9 Å². The molecule has 2 aromatic rings. The van der Waals surface area contributed by atoms with Crippen molar-refractivity contribution in [2.45, 2.75) is 20.8 Å². The Bertz CT molecular complexity index is 795. The first-order chi connectivity index (χ1) is 12.0. The van der Waals surface area contributed by atoms with Gasteiger partial charge in [0.15, 0.2) is 0 Å². The number of aromatic nitrogens is 1. The van der Waals surface area contributed by atoms with Gasteiger partial charge in [-0.1, -0.05) is 24.3 Å². The van der Waals surface area contributed by atoms with Crippen molar-refractivity contribution in [1.29, 1.82) is 0 Å². The molecule has 134 valence electrons. The van der Waals surface area contributed by atoms with Gasteiger partial charge in [0, 0.05) is 12.4 Å². The fourth-order valence-electron chi connectivity index (χ4n) is 2.61. The van der Waals surface area contributed by atoms with Gasteiger partial charge in [-0.25, -0.2) is 15.0 Å². The Kier molecular flexibility index (Phi) is 6.05. The highest BCUT2D eigenvalue weighted by Gasteiger charge is 2.27. The first kappa shape index (κ1) is 18.4. The number of para-hydroxylation sites is 1. The molecule has 1 aromatic heterocycles. The smallest absolute Gasteiger partial charge is 0.433 e. The molecule has 1 aromatic carbocycles. The summed E-state index contributed by atoms with van der Waals surface area (Å²) in [6.07, 6.45) is 2.33. The van der Waals surface area contributed by atoms with Crippen molar-refractivity contribution in [3.63, 3.8) is 0 Å². The lowest BCUT2D eigenvalue weighted by Crippen LogP contribution is -2.47. The van der Waals surface area contributed by atoms with Gasteiger partial charge < -0.3 is 14.0 Å². The van der Waals surface area contributed by atoms with Gasteiger partial charge in [-0.05, 0) is 32.9 Å². The topological polar surface area (TPSA) is 72.8 Å². The van der Waals surface area contributed by atoms with E-state index in [-0.39, 0.29) is 13.2 Å². The van der Waals surface area contributed by atoms with E-state index in [4.69, 9.17) is 9.47 Å². The van der Waals surface area contributed by atoms with Crippen LogP contribution in [0.4, 0.5) is 15.3 Å². The van der Waals surface area contributed by atoms with Crippen LogP contribution in [0.25, 0.3) is 17.0 Å². The fourth-order valence-corrected chi connectivity index (χ4v) is 2.61. The molecule has 0 aliphatic carbocycles. The number of amides is 2. The normalized spacial score (nSPS) is 10.9. The van der Waals surface area contributed by atoms with Gasteiger partial charge in [-0.3, -0.25) is 0 Å². The van der Waals surface area contributed by atoms with Crippen molar-refractivity contribution in [3.05, 3.63) is 36.0 Å². The van der Waals surface area contributed by atoms with Gasteiger partial charge in [-0.15, -0.1) is 0 Å². The van der Waals surface area contributed by atoms with E-state index in [0.29, 0.717) is 5.69 Å². The maximum absolute atomic E-state index is 12.5. The Morgan fingerprint density at radius 3 is 2.52 bits per heavy atom. The molecule has 0 saturated heterocycles. The van der Waals surface area contributed by atoms with Gasteiger partial charge in [-0.2, -0.15) is 5.01 Å². The molecule has 1 N–H and O–H groups in total. The Morgan fingerprint density at radius 1 is 1.20 bits per heavy atom. The van der Waals surface area contributed by atoms with Crippen molar-refractivity contribution in [2.75, 3.05) is 18.2 Å². The monoisotopic (exact) mass is 345 g/mol. The molecule has 7 heteroatoms. The van der Waals surface area contributed by atoms with Crippen LogP contribution in [-0.2, 0) is 16.5 Å². The highest BCUT2D eigenvalue weighted by Crippen LogP contribution is 2.34. The Balaban J connectivity index is 2.64. The SMILES string of the molecule is C/C=C/c1c(N(NC(=O)OCC)C(=O)OCC)c2ccccc2n1C. The maximum Gasteiger partial charge on any atom is 0.433 e. The molecule has 0 atom stereocenters. The summed E-state index contributed by atoms with van der Waals surface area (Å²) in [7, 11) is 1.90. The summed E-state index contributed by atoms with van der Waals surface area (Å²) in [5, 5.41) is 1.90. The van der Waals surface area contributed by atoms with Gasteiger partial charge in [0.05, 0.1) is 24.4 Å². The van der Waals surface area contributed by atoms with E-state index in [9.17, 15) is 9.59 Å². The molecule has 0 spiro atoms. The van der Waals surface area contributed by atoms with Crippen molar-refractivity contribution in [2.24, 2.45) is 7.05 Å². The van der Waals surface area contributed by atoms with Crippen molar-refractivity contribution in [1.82, 2.24) is 9.99 Å². The number of rotatable bonds is 4. The number of anilines is 1. The number of nitrogens with zero attached hydrogens (tertiary/aromatic N) is 2. The van der Waals surface area contributed by atoms with E-state index in [1.165, 1.54) is 0 Å². The zero-order valence-corrected chi connectivity index (χ0v) is 14.9. The number of ether oxygens (including phenoxy) is 2. The van der Waals surface area contributed by atoms with Gasteiger partial charge in [0.1, 0.15) is 5.69 Å². The quantitative estimate of drug-likeness (QED) is 0.855. The highest BCUT2D eigenvalue weighted by atomic mass is 16.6. The largest absolute Gasteiger partial charge is 0.449 e. The standard InChI is InChI=1S/C18H23N3O4/c1-5-10-15-16(13-11-8-9-12-14(13)20(15)4)21(18(23)25-7-3)19-17(22)24-6-2/h5,8-12H,6-7H2,1-4H3,(H,19,22)/b10-5+. The van der Waals surface area contributed by atoms with Crippen LogP contribution >= 0.6 is 0 Å². The summed E-state index contributed by atoms with van der Waals surface area (Å²) in [6, 6.07) is 7.62. The van der Waals surface area contributed by atoms with Crippen LogP contribution in [0.5, 0.6) is 0 Å². The third kappa shape index (κ3) is 3.76. The number of carbonyl (C=O) groups is 2. The van der Waals surface area contributed by atoms with Crippen LogP contribution in [0.1, 0.15) is 26.5 Å². The molecule has 0 aliphatic heterocycles. The average Bonchev–Trinajstić information content (AvgIpc) is 2.86. The van der Waals surface area contributed by atoms with Crippen LogP contribution in [-0.4, -0.2) is 30.0 Å². The molecule has 0 unspecified atom stereocenters. The predicted octanol–water partition coefficient (Wildman–Crippen LogP) is 3.84. The third-order valence-electron chi connectivity index (χ3n) is 3.60. The zero-order valence-electron chi connectivity index (χ0n) is 14.9. The predicted molar refractivity (Wildman–Crippen MR) is 97.3 cm³/mol. The number of allylic oxidation sites excluding steroid dienone is 1. The molecular formula is C18H23N3O4. The number of hydrogen-bond donors (Lipinski definition) is 1. The van der Waals surface area contributed by atoms with Crippen LogP contribution in [0, 0.1) is 0 Å². The molecule has 7 nitrogen and oxygen atoms in total. The van der Waals surface area contributed by atoms with E-state index in [2.05, 4.69) is 5.43 Å². The van der Waals surface area contributed by atoms with Crippen LogP contribution in [0.3, 0.4) is 0 Å². The summed E-state index contributed by atoms with van der Waals surface area (Å²) in [5.74, 6) is 0. The Labute approximate surface area is 146 Å². The molecule has 0 aliphatic rings. The first-order valence-electron chi connectivity index (χ1n) is 8.15. The number of benzene rings is 1. The Morgan fingerprint density at radius 2 is 1.88 bits per heavy atom. The van der Waals surface area contributed by atoms with Crippen LogP contribution in [0.2, 0.25) is 0 Å². The minimum absolute atomic E-state index is 0.184.